The molecule has 3 rings (SSSR count). The minimum Gasteiger partial charge on any atom is -0.410 e. The number of amides is 1. The molecule has 146 valence electrons. The molecule has 2 aliphatic rings. The maximum Gasteiger partial charge on any atom is 0.422 e. The average molecular weight is 376 g/mol. The van der Waals surface area contributed by atoms with E-state index in [9.17, 15) is 14.9 Å². The molecule has 1 aromatic carbocycles. The number of rotatable bonds is 5. The van der Waals surface area contributed by atoms with Crippen molar-refractivity contribution >= 4 is 12.1 Å². The molecule has 2 heterocycles. The molecule has 9 nitrogen and oxygen atoms in total. The highest BCUT2D eigenvalue weighted by Gasteiger charge is 2.38. The van der Waals surface area contributed by atoms with Crippen LogP contribution in [0.1, 0.15) is 19.4 Å². The zero-order chi connectivity index (χ0) is 19.4. The summed E-state index contributed by atoms with van der Waals surface area (Å²) in [6, 6.07) is 7.19. The lowest BCUT2D eigenvalue weighted by Gasteiger charge is -2.23. The van der Waals surface area contributed by atoms with Gasteiger partial charge in [0.1, 0.15) is 10.9 Å². The Bertz CT molecular complexity index is 721. The molecule has 1 amide bonds. The Labute approximate surface area is 157 Å². The number of hydrazone groups is 1. The summed E-state index contributed by atoms with van der Waals surface area (Å²) in [5, 5.41) is 13.7. The van der Waals surface area contributed by atoms with Crippen LogP contribution in [0.15, 0.2) is 29.4 Å². The van der Waals surface area contributed by atoms with Gasteiger partial charge in [0.15, 0.2) is 5.03 Å². The van der Waals surface area contributed by atoms with Gasteiger partial charge in [0, 0.05) is 25.6 Å². The molecular weight excluding hydrogens is 352 g/mol. The third-order valence-electron chi connectivity index (χ3n) is 5.02. The van der Waals surface area contributed by atoms with Crippen LogP contribution in [0.2, 0.25) is 0 Å². The van der Waals surface area contributed by atoms with Crippen LogP contribution in [0.4, 0.5) is 4.79 Å². The molecule has 2 fully saturated rings. The van der Waals surface area contributed by atoms with E-state index in [4.69, 9.17) is 9.47 Å². The molecule has 9 heteroatoms. The minimum absolute atomic E-state index is 0.0225. The monoisotopic (exact) mass is 376 g/mol. The van der Waals surface area contributed by atoms with Gasteiger partial charge in [-0.15, -0.1) is 0 Å². The van der Waals surface area contributed by atoms with Crippen LogP contribution in [0.3, 0.4) is 0 Å². The number of hydrogen-bond donors (Lipinski definition) is 0. The van der Waals surface area contributed by atoms with Crippen molar-refractivity contribution in [1.82, 2.24) is 9.80 Å². The van der Waals surface area contributed by atoms with Crippen molar-refractivity contribution in [2.24, 2.45) is 16.9 Å². The molecule has 0 bridgehead atoms. The predicted octanol–water partition coefficient (Wildman–Crippen LogP) is 2.20. The van der Waals surface area contributed by atoms with E-state index in [1.807, 2.05) is 19.1 Å². The smallest absolute Gasteiger partial charge is 0.410 e. The van der Waals surface area contributed by atoms with Crippen molar-refractivity contribution in [3.05, 3.63) is 39.9 Å². The lowest BCUT2D eigenvalue weighted by Crippen LogP contribution is -2.42. The van der Waals surface area contributed by atoms with Crippen molar-refractivity contribution in [3.63, 3.8) is 0 Å². The zero-order valence-electron chi connectivity index (χ0n) is 15.5. The summed E-state index contributed by atoms with van der Waals surface area (Å²) < 4.78 is 10.8. The van der Waals surface area contributed by atoms with Crippen LogP contribution in [0.5, 0.6) is 5.75 Å². The molecule has 1 aromatic rings. The minimum atomic E-state index is -0.779. The van der Waals surface area contributed by atoms with Gasteiger partial charge in [-0.05, 0) is 30.0 Å². The number of nitrogens with zero attached hydrogens (tertiary/aromatic N) is 4. The average Bonchev–Trinajstić information content (AvgIpc) is 3.22. The molecule has 0 aromatic heterocycles. The summed E-state index contributed by atoms with van der Waals surface area (Å²) >= 11 is 0. The van der Waals surface area contributed by atoms with E-state index in [2.05, 4.69) is 12.0 Å². The van der Waals surface area contributed by atoms with Crippen LogP contribution < -0.4 is 4.74 Å². The van der Waals surface area contributed by atoms with Gasteiger partial charge >= 0.3 is 6.09 Å². The van der Waals surface area contributed by atoms with E-state index in [1.165, 1.54) is 4.90 Å². The Morgan fingerprint density at radius 2 is 2.07 bits per heavy atom. The Balaban J connectivity index is 1.70. The number of benzene rings is 1. The molecule has 0 aliphatic carbocycles. The summed E-state index contributed by atoms with van der Waals surface area (Å²) in [6.07, 6.45) is 0.219. The second-order valence-electron chi connectivity index (χ2n) is 6.88. The Kier molecular flexibility index (Phi) is 5.90. The quantitative estimate of drug-likeness (QED) is 0.577. The lowest BCUT2D eigenvalue weighted by atomic mass is 9.98. The fourth-order valence-corrected chi connectivity index (χ4v) is 3.30. The van der Waals surface area contributed by atoms with Crippen molar-refractivity contribution in [3.8, 4) is 5.75 Å². The van der Waals surface area contributed by atoms with Gasteiger partial charge in [0.05, 0.1) is 13.2 Å². The number of aryl methyl sites for hydroxylation is 1. The molecule has 0 saturated carbocycles. The highest BCUT2D eigenvalue weighted by atomic mass is 16.7. The molecule has 0 spiro atoms. The SMILES string of the molecule is CCc1ccc(OC(=O)N2CCN(CC3COCC3C)C2=N[N+](=O)[O-])cc1. The number of carbonyl (C=O) groups is 1. The number of guanidine groups is 1. The molecule has 2 unspecified atom stereocenters. The summed E-state index contributed by atoms with van der Waals surface area (Å²) in [5.41, 5.74) is 1.13. The first-order valence-electron chi connectivity index (χ1n) is 9.12. The van der Waals surface area contributed by atoms with Gasteiger partial charge in [-0.25, -0.2) is 19.8 Å². The second-order valence-corrected chi connectivity index (χ2v) is 6.88. The second kappa shape index (κ2) is 8.34. The first-order chi connectivity index (χ1) is 13.0. The fraction of sp³-hybridized carbons (Fsp3) is 0.556. The van der Waals surface area contributed by atoms with E-state index in [-0.39, 0.29) is 11.9 Å². The number of carbonyl (C=O) groups excluding carboxylic acids is 1. The predicted molar refractivity (Wildman–Crippen MR) is 98.0 cm³/mol. The van der Waals surface area contributed by atoms with E-state index in [1.54, 1.807) is 17.0 Å². The largest absolute Gasteiger partial charge is 0.422 e. The van der Waals surface area contributed by atoms with Crippen LogP contribution in [0, 0.1) is 22.0 Å². The Hall–Kier alpha value is -2.68. The zero-order valence-corrected chi connectivity index (χ0v) is 15.5. The van der Waals surface area contributed by atoms with Gasteiger partial charge in [0.2, 0.25) is 0 Å². The maximum atomic E-state index is 12.6. The summed E-state index contributed by atoms with van der Waals surface area (Å²) in [5.74, 6) is 1.03. The van der Waals surface area contributed by atoms with Gasteiger partial charge in [-0.2, -0.15) is 0 Å². The Morgan fingerprint density at radius 3 is 2.67 bits per heavy atom. The summed E-state index contributed by atoms with van der Waals surface area (Å²) in [6.45, 7) is 6.74. The van der Waals surface area contributed by atoms with Crippen molar-refractivity contribution in [1.29, 1.82) is 0 Å². The van der Waals surface area contributed by atoms with E-state index in [0.717, 1.165) is 12.0 Å². The first-order valence-corrected chi connectivity index (χ1v) is 9.12. The van der Waals surface area contributed by atoms with E-state index in [0.29, 0.717) is 44.5 Å². The number of nitro groups is 1. The molecule has 2 saturated heterocycles. The highest BCUT2D eigenvalue weighted by molar-refractivity contribution is 5.96. The van der Waals surface area contributed by atoms with Crippen LogP contribution in [-0.4, -0.2) is 59.7 Å². The topological polar surface area (TPSA) is 97.5 Å². The Morgan fingerprint density at radius 1 is 1.33 bits per heavy atom. The van der Waals surface area contributed by atoms with Crippen LogP contribution in [0.25, 0.3) is 0 Å². The molecule has 27 heavy (non-hydrogen) atoms. The van der Waals surface area contributed by atoms with Crippen LogP contribution in [-0.2, 0) is 11.2 Å². The van der Waals surface area contributed by atoms with Crippen molar-refractivity contribution < 1.29 is 19.3 Å². The molecule has 0 N–H and O–H groups in total. The third kappa shape index (κ3) is 4.54. The van der Waals surface area contributed by atoms with E-state index < -0.39 is 11.1 Å². The van der Waals surface area contributed by atoms with Crippen molar-refractivity contribution in [2.75, 3.05) is 32.8 Å². The lowest BCUT2D eigenvalue weighted by molar-refractivity contribution is -0.486. The highest BCUT2D eigenvalue weighted by Crippen LogP contribution is 2.24. The maximum absolute atomic E-state index is 12.6. The normalized spacial score (nSPS) is 23.9. The fourth-order valence-electron chi connectivity index (χ4n) is 3.30. The molecular formula is C18H24N4O5. The third-order valence-corrected chi connectivity index (χ3v) is 5.02. The van der Waals surface area contributed by atoms with E-state index >= 15 is 0 Å². The van der Waals surface area contributed by atoms with Gasteiger partial charge in [0.25, 0.3) is 5.96 Å². The van der Waals surface area contributed by atoms with Crippen molar-refractivity contribution in [2.45, 2.75) is 20.3 Å². The number of ether oxygens (including phenoxy) is 2. The van der Waals surface area contributed by atoms with Gasteiger partial charge < -0.3 is 14.4 Å². The van der Waals surface area contributed by atoms with Gasteiger partial charge in [-0.1, -0.05) is 26.0 Å². The molecule has 0 radical (unpaired) electrons. The standard InChI is InChI=1S/C18H24N4O5/c1-3-14-4-6-16(7-5-14)27-18(23)21-9-8-20(17(21)19-22(24)25)10-15-12-26-11-13(15)2/h4-7,13,15H,3,8-12H2,1-2H3. The summed E-state index contributed by atoms with van der Waals surface area (Å²) in [4.78, 5) is 26.5. The number of hydrogen-bond acceptors (Lipinski definition) is 5. The first kappa shape index (κ1) is 19.1. The van der Waals surface area contributed by atoms with Crippen LogP contribution >= 0.6 is 0 Å². The van der Waals surface area contributed by atoms with Gasteiger partial charge in [-0.3, -0.25) is 0 Å². The molecule has 2 aliphatic heterocycles. The summed E-state index contributed by atoms with van der Waals surface area (Å²) in [7, 11) is 0. The molecule has 2 atom stereocenters.